The van der Waals surface area contributed by atoms with Crippen LogP contribution in [0.2, 0.25) is 0 Å². The van der Waals surface area contributed by atoms with Crippen molar-refractivity contribution in [1.82, 2.24) is 10.3 Å². The highest BCUT2D eigenvalue weighted by atomic mass is 16.2. The molecule has 1 aliphatic rings. The molecule has 4 nitrogen and oxygen atoms in total. The maximum atomic E-state index is 11.7. The number of rotatable bonds is 2. The lowest BCUT2D eigenvalue weighted by molar-refractivity contribution is -0.117. The van der Waals surface area contributed by atoms with Gasteiger partial charge in [-0.15, -0.1) is 0 Å². The van der Waals surface area contributed by atoms with E-state index in [1.807, 2.05) is 19.1 Å². The third kappa shape index (κ3) is 2.53. The summed E-state index contributed by atoms with van der Waals surface area (Å²) in [6.45, 7) is 2.91. The molecule has 1 aliphatic heterocycles. The summed E-state index contributed by atoms with van der Waals surface area (Å²) >= 11 is 0. The Morgan fingerprint density at radius 3 is 3.20 bits per heavy atom. The smallest absolute Gasteiger partial charge is 0.242 e. The van der Waals surface area contributed by atoms with Gasteiger partial charge < -0.3 is 10.6 Å². The van der Waals surface area contributed by atoms with E-state index in [2.05, 4.69) is 15.6 Å². The molecule has 2 rings (SSSR count). The van der Waals surface area contributed by atoms with Crippen LogP contribution >= 0.6 is 0 Å². The fraction of sp³-hybridized carbons (Fsp3) is 0.455. The summed E-state index contributed by atoms with van der Waals surface area (Å²) in [6.07, 6.45) is 3.68. The van der Waals surface area contributed by atoms with Crippen LogP contribution in [0.5, 0.6) is 0 Å². The Bertz CT molecular complexity index is 359. The highest BCUT2D eigenvalue weighted by Gasteiger charge is 2.21. The van der Waals surface area contributed by atoms with E-state index in [-0.39, 0.29) is 11.9 Å². The van der Waals surface area contributed by atoms with Crippen molar-refractivity contribution in [2.45, 2.75) is 25.8 Å². The molecule has 1 atom stereocenters. The van der Waals surface area contributed by atoms with Gasteiger partial charge in [0, 0.05) is 6.20 Å². The molecule has 1 saturated heterocycles. The number of carbonyl (C=O) groups excluding carboxylic acids is 1. The zero-order valence-corrected chi connectivity index (χ0v) is 8.79. The van der Waals surface area contributed by atoms with Crippen LogP contribution in [0.25, 0.3) is 0 Å². The van der Waals surface area contributed by atoms with E-state index in [4.69, 9.17) is 0 Å². The van der Waals surface area contributed by atoms with Crippen LogP contribution in [-0.2, 0) is 4.79 Å². The van der Waals surface area contributed by atoms with Gasteiger partial charge in [0.15, 0.2) is 0 Å². The molecule has 1 fully saturated rings. The topological polar surface area (TPSA) is 54.0 Å². The minimum absolute atomic E-state index is 0.0191. The average Bonchev–Trinajstić information content (AvgIpc) is 2.70. The van der Waals surface area contributed by atoms with Crippen LogP contribution in [0.4, 0.5) is 5.82 Å². The van der Waals surface area contributed by atoms with E-state index in [9.17, 15) is 4.79 Å². The molecule has 2 N–H and O–H groups in total. The molecule has 0 bridgehead atoms. The summed E-state index contributed by atoms with van der Waals surface area (Å²) in [5.41, 5.74) is 1.10. The van der Waals surface area contributed by atoms with Crippen LogP contribution in [0.15, 0.2) is 18.3 Å². The first-order chi connectivity index (χ1) is 7.25. The number of nitrogens with zero attached hydrogens (tertiary/aromatic N) is 1. The molecule has 2 heterocycles. The number of aryl methyl sites for hydroxylation is 1. The fourth-order valence-corrected chi connectivity index (χ4v) is 1.73. The van der Waals surface area contributed by atoms with Gasteiger partial charge in [-0.05, 0) is 44.0 Å². The van der Waals surface area contributed by atoms with Crippen LogP contribution in [-0.4, -0.2) is 23.5 Å². The van der Waals surface area contributed by atoms with Crippen molar-refractivity contribution in [2.75, 3.05) is 11.9 Å². The second-order valence-electron chi connectivity index (χ2n) is 3.86. The molecule has 1 unspecified atom stereocenters. The summed E-state index contributed by atoms with van der Waals surface area (Å²) in [5, 5.41) is 5.96. The van der Waals surface area contributed by atoms with Crippen LogP contribution in [0, 0.1) is 6.92 Å². The lowest BCUT2D eigenvalue weighted by Gasteiger charge is -2.10. The zero-order valence-electron chi connectivity index (χ0n) is 8.79. The predicted octanol–water partition coefficient (Wildman–Crippen LogP) is 1.08. The molecule has 0 aliphatic carbocycles. The molecule has 0 spiro atoms. The van der Waals surface area contributed by atoms with Crippen molar-refractivity contribution >= 4 is 11.7 Å². The minimum Gasteiger partial charge on any atom is -0.309 e. The first-order valence-electron chi connectivity index (χ1n) is 5.22. The van der Waals surface area contributed by atoms with Gasteiger partial charge in [-0.25, -0.2) is 4.98 Å². The lowest BCUT2D eigenvalue weighted by atomic mass is 10.2. The van der Waals surface area contributed by atoms with E-state index in [1.54, 1.807) is 6.20 Å². The maximum Gasteiger partial charge on any atom is 0.242 e. The summed E-state index contributed by atoms with van der Waals surface area (Å²) in [4.78, 5) is 15.8. The number of hydrogen-bond donors (Lipinski definition) is 2. The predicted molar refractivity (Wildman–Crippen MR) is 58.6 cm³/mol. The number of hydrogen-bond acceptors (Lipinski definition) is 3. The number of pyridine rings is 1. The van der Waals surface area contributed by atoms with Crippen molar-refractivity contribution in [3.63, 3.8) is 0 Å². The lowest BCUT2D eigenvalue weighted by Crippen LogP contribution is -2.35. The van der Waals surface area contributed by atoms with E-state index in [0.29, 0.717) is 5.82 Å². The maximum absolute atomic E-state index is 11.7. The molecule has 0 radical (unpaired) electrons. The van der Waals surface area contributed by atoms with Gasteiger partial charge in [0.25, 0.3) is 0 Å². The van der Waals surface area contributed by atoms with Gasteiger partial charge >= 0.3 is 0 Å². The number of aromatic nitrogens is 1. The van der Waals surface area contributed by atoms with E-state index < -0.39 is 0 Å². The summed E-state index contributed by atoms with van der Waals surface area (Å²) in [5.74, 6) is 0.652. The van der Waals surface area contributed by atoms with Crippen molar-refractivity contribution in [3.05, 3.63) is 23.9 Å². The Hall–Kier alpha value is -1.42. The fourth-order valence-electron chi connectivity index (χ4n) is 1.73. The highest BCUT2D eigenvalue weighted by molar-refractivity contribution is 5.94. The Kier molecular flexibility index (Phi) is 2.97. The molecule has 1 aromatic rings. The van der Waals surface area contributed by atoms with Crippen molar-refractivity contribution in [1.29, 1.82) is 0 Å². The Morgan fingerprint density at radius 1 is 1.67 bits per heavy atom. The summed E-state index contributed by atoms with van der Waals surface area (Å²) in [6, 6.07) is 3.73. The van der Waals surface area contributed by atoms with Crippen LogP contribution in [0.1, 0.15) is 18.4 Å². The Morgan fingerprint density at radius 2 is 2.53 bits per heavy atom. The summed E-state index contributed by atoms with van der Waals surface area (Å²) in [7, 11) is 0. The van der Waals surface area contributed by atoms with Crippen LogP contribution in [0.3, 0.4) is 0 Å². The van der Waals surface area contributed by atoms with E-state index >= 15 is 0 Å². The summed E-state index contributed by atoms with van der Waals surface area (Å²) < 4.78 is 0. The molecule has 1 amide bonds. The van der Waals surface area contributed by atoms with Crippen molar-refractivity contribution < 1.29 is 4.79 Å². The van der Waals surface area contributed by atoms with Gasteiger partial charge in [-0.1, -0.05) is 0 Å². The Labute approximate surface area is 89.1 Å². The van der Waals surface area contributed by atoms with E-state index in [0.717, 1.165) is 24.9 Å². The van der Waals surface area contributed by atoms with Crippen LogP contribution < -0.4 is 10.6 Å². The number of anilines is 1. The van der Waals surface area contributed by atoms with Gasteiger partial charge in [-0.2, -0.15) is 0 Å². The largest absolute Gasteiger partial charge is 0.309 e. The molecule has 4 heteroatoms. The van der Waals surface area contributed by atoms with Crippen molar-refractivity contribution in [2.24, 2.45) is 0 Å². The normalized spacial score (nSPS) is 20.2. The molecule has 1 aromatic heterocycles. The molecule has 80 valence electrons. The van der Waals surface area contributed by atoms with Crippen molar-refractivity contribution in [3.8, 4) is 0 Å². The Balaban J connectivity index is 1.99. The van der Waals surface area contributed by atoms with Gasteiger partial charge in [0.2, 0.25) is 5.91 Å². The third-order valence-corrected chi connectivity index (χ3v) is 2.54. The van der Waals surface area contributed by atoms with Gasteiger partial charge in [-0.3, -0.25) is 4.79 Å². The molecule has 0 aromatic carbocycles. The SMILES string of the molecule is Cc1ccnc(NC(=O)C2CCCN2)c1. The zero-order chi connectivity index (χ0) is 10.7. The number of nitrogens with one attached hydrogen (secondary N) is 2. The second-order valence-corrected chi connectivity index (χ2v) is 3.86. The monoisotopic (exact) mass is 205 g/mol. The minimum atomic E-state index is -0.0488. The third-order valence-electron chi connectivity index (χ3n) is 2.54. The average molecular weight is 205 g/mol. The number of amides is 1. The molecule has 15 heavy (non-hydrogen) atoms. The second kappa shape index (κ2) is 4.40. The quantitative estimate of drug-likeness (QED) is 0.759. The first kappa shape index (κ1) is 10.1. The molecular weight excluding hydrogens is 190 g/mol. The van der Waals surface area contributed by atoms with Gasteiger partial charge in [0.1, 0.15) is 5.82 Å². The molecule has 0 saturated carbocycles. The highest BCUT2D eigenvalue weighted by Crippen LogP contribution is 2.09. The molecular formula is C11H15N3O. The first-order valence-corrected chi connectivity index (χ1v) is 5.22. The number of carbonyl (C=O) groups is 1. The van der Waals surface area contributed by atoms with E-state index in [1.165, 1.54) is 0 Å². The standard InChI is InChI=1S/C11H15N3O/c1-8-4-6-13-10(7-8)14-11(15)9-3-2-5-12-9/h4,6-7,9,12H,2-3,5H2,1H3,(H,13,14,15). The van der Waals surface area contributed by atoms with Gasteiger partial charge in [0.05, 0.1) is 6.04 Å².